The Morgan fingerprint density at radius 2 is 2.08 bits per heavy atom. The highest BCUT2D eigenvalue weighted by Gasteiger charge is 2.26. The first-order valence-corrected chi connectivity index (χ1v) is 8.26. The predicted octanol–water partition coefficient (Wildman–Crippen LogP) is 2.17. The molecule has 3 N–H and O–H groups in total. The van der Waals surface area contributed by atoms with E-state index in [2.05, 4.69) is 27.1 Å². The SMILES string of the molecule is CCCCC(CN)NC(=O)C1CCN(c2cnccn2)CC1.Cl.Cl. The number of hydrogen-bond donors (Lipinski definition) is 2. The van der Waals surface area contributed by atoms with E-state index >= 15 is 0 Å². The standard InChI is InChI=1S/C16H27N5O.2ClH/c1-2-3-4-14(11-17)20-16(22)13-5-9-21(10-6-13)15-12-18-7-8-19-15;;/h7-8,12-14H,2-6,9-11,17H2,1H3,(H,20,22);2*1H. The van der Waals surface area contributed by atoms with E-state index in [1.165, 1.54) is 0 Å². The van der Waals surface area contributed by atoms with Gasteiger partial charge in [-0.1, -0.05) is 19.8 Å². The number of hydrogen-bond acceptors (Lipinski definition) is 5. The van der Waals surface area contributed by atoms with Crippen molar-refractivity contribution >= 4 is 36.5 Å². The van der Waals surface area contributed by atoms with Crippen molar-refractivity contribution in [1.29, 1.82) is 0 Å². The van der Waals surface area contributed by atoms with Gasteiger partial charge in [0.05, 0.1) is 6.20 Å². The maximum Gasteiger partial charge on any atom is 0.223 e. The normalized spacial score (nSPS) is 15.8. The summed E-state index contributed by atoms with van der Waals surface area (Å²) in [5.74, 6) is 1.14. The Bertz CT molecular complexity index is 455. The molecule has 138 valence electrons. The van der Waals surface area contributed by atoms with E-state index in [-0.39, 0.29) is 42.7 Å². The van der Waals surface area contributed by atoms with Gasteiger partial charge in [0.1, 0.15) is 5.82 Å². The molecule has 0 saturated carbocycles. The van der Waals surface area contributed by atoms with Gasteiger partial charge in [0.25, 0.3) is 0 Å². The first-order valence-electron chi connectivity index (χ1n) is 8.26. The number of piperidine rings is 1. The maximum absolute atomic E-state index is 12.4. The van der Waals surface area contributed by atoms with Gasteiger partial charge >= 0.3 is 0 Å². The van der Waals surface area contributed by atoms with Crippen molar-refractivity contribution in [3.8, 4) is 0 Å². The molecule has 1 aliphatic rings. The molecule has 0 spiro atoms. The number of carbonyl (C=O) groups excluding carboxylic acids is 1. The molecule has 2 heterocycles. The Balaban J connectivity index is 0.00000264. The van der Waals surface area contributed by atoms with E-state index in [9.17, 15) is 4.79 Å². The Morgan fingerprint density at radius 1 is 1.38 bits per heavy atom. The van der Waals surface area contributed by atoms with Crippen molar-refractivity contribution in [1.82, 2.24) is 15.3 Å². The van der Waals surface area contributed by atoms with Gasteiger partial charge < -0.3 is 16.0 Å². The highest BCUT2D eigenvalue weighted by Crippen LogP contribution is 2.21. The van der Waals surface area contributed by atoms with Crippen molar-refractivity contribution in [3.63, 3.8) is 0 Å². The summed E-state index contributed by atoms with van der Waals surface area (Å²) in [4.78, 5) is 23.0. The number of carbonyl (C=O) groups is 1. The average Bonchev–Trinajstić information content (AvgIpc) is 2.59. The molecule has 8 heteroatoms. The van der Waals surface area contributed by atoms with Gasteiger partial charge in [-0.3, -0.25) is 9.78 Å². The van der Waals surface area contributed by atoms with Gasteiger partial charge in [-0.15, -0.1) is 24.8 Å². The zero-order valence-corrected chi connectivity index (χ0v) is 15.8. The molecule has 6 nitrogen and oxygen atoms in total. The lowest BCUT2D eigenvalue weighted by Gasteiger charge is -2.32. The van der Waals surface area contributed by atoms with E-state index in [1.807, 2.05) is 0 Å². The zero-order chi connectivity index (χ0) is 15.8. The fraction of sp³-hybridized carbons (Fsp3) is 0.688. The minimum atomic E-state index is 0. The van der Waals surface area contributed by atoms with Gasteiger partial charge in [0.2, 0.25) is 5.91 Å². The fourth-order valence-electron chi connectivity index (χ4n) is 2.84. The molecule has 0 radical (unpaired) electrons. The third kappa shape index (κ3) is 6.79. The van der Waals surface area contributed by atoms with Crippen LogP contribution in [-0.2, 0) is 4.79 Å². The van der Waals surface area contributed by atoms with Crippen molar-refractivity contribution < 1.29 is 4.79 Å². The predicted molar refractivity (Wildman–Crippen MR) is 102 cm³/mol. The van der Waals surface area contributed by atoms with Gasteiger partial charge in [0.15, 0.2) is 0 Å². The number of nitrogens with two attached hydrogens (primary N) is 1. The topological polar surface area (TPSA) is 84.1 Å². The van der Waals surface area contributed by atoms with Crippen LogP contribution in [0.3, 0.4) is 0 Å². The summed E-state index contributed by atoms with van der Waals surface area (Å²) in [5.41, 5.74) is 5.75. The summed E-state index contributed by atoms with van der Waals surface area (Å²) < 4.78 is 0. The largest absolute Gasteiger partial charge is 0.355 e. The molecule has 2 rings (SSSR count). The molecule has 24 heavy (non-hydrogen) atoms. The molecule has 1 aromatic rings. The van der Waals surface area contributed by atoms with Gasteiger partial charge in [-0.25, -0.2) is 4.98 Å². The first-order chi connectivity index (χ1) is 10.7. The molecule has 1 saturated heterocycles. The van der Waals surface area contributed by atoms with Crippen LogP contribution in [0.25, 0.3) is 0 Å². The number of halogens is 2. The second-order valence-electron chi connectivity index (χ2n) is 5.91. The fourth-order valence-corrected chi connectivity index (χ4v) is 2.84. The number of anilines is 1. The van der Waals surface area contributed by atoms with Crippen molar-refractivity contribution in [2.75, 3.05) is 24.5 Å². The zero-order valence-electron chi connectivity index (χ0n) is 14.2. The molecule has 1 atom stereocenters. The van der Waals surface area contributed by atoms with Crippen LogP contribution in [0.4, 0.5) is 5.82 Å². The van der Waals surface area contributed by atoms with Crippen molar-refractivity contribution in [2.24, 2.45) is 11.7 Å². The lowest BCUT2D eigenvalue weighted by Crippen LogP contribution is -2.46. The highest BCUT2D eigenvalue weighted by molar-refractivity contribution is 5.85. The Kier molecular flexibility index (Phi) is 11.7. The van der Waals surface area contributed by atoms with Crippen LogP contribution in [0, 0.1) is 5.92 Å². The summed E-state index contributed by atoms with van der Waals surface area (Å²) in [6.45, 7) is 4.36. The molecule has 1 aliphatic heterocycles. The highest BCUT2D eigenvalue weighted by atomic mass is 35.5. The molecular formula is C16H29Cl2N5O. The Labute approximate surface area is 156 Å². The Morgan fingerprint density at radius 3 is 2.62 bits per heavy atom. The van der Waals surface area contributed by atoms with E-state index in [0.29, 0.717) is 6.54 Å². The number of aromatic nitrogens is 2. The van der Waals surface area contributed by atoms with Gasteiger partial charge in [-0.05, 0) is 19.3 Å². The van der Waals surface area contributed by atoms with Crippen LogP contribution in [-0.4, -0.2) is 41.6 Å². The number of rotatable bonds is 7. The number of nitrogens with one attached hydrogen (secondary N) is 1. The molecule has 1 amide bonds. The Hall–Kier alpha value is -1.11. The van der Waals surface area contributed by atoms with E-state index < -0.39 is 0 Å². The second-order valence-corrected chi connectivity index (χ2v) is 5.91. The minimum absolute atomic E-state index is 0. The smallest absolute Gasteiger partial charge is 0.223 e. The molecular weight excluding hydrogens is 349 g/mol. The third-order valence-corrected chi connectivity index (χ3v) is 4.28. The molecule has 1 unspecified atom stereocenters. The lowest BCUT2D eigenvalue weighted by molar-refractivity contribution is -0.126. The summed E-state index contributed by atoms with van der Waals surface area (Å²) in [6, 6.07) is 0.116. The minimum Gasteiger partial charge on any atom is -0.355 e. The summed E-state index contributed by atoms with van der Waals surface area (Å²) in [6.07, 6.45) is 10.1. The second kappa shape index (κ2) is 12.3. The van der Waals surface area contributed by atoms with E-state index in [0.717, 1.165) is 51.0 Å². The molecule has 1 fully saturated rings. The maximum atomic E-state index is 12.4. The molecule has 0 aromatic carbocycles. The monoisotopic (exact) mass is 377 g/mol. The van der Waals surface area contributed by atoms with E-state index in [4.69, 9.17) is 5.73 Å². The first kappa shape index (κ1) is 22.9. The quantitative estimate of drug-likeness (QED) is 0.760. The van der Waals surface area contributed by atoms with Crippen LogP contribution in [0.2, 0.25) is 0 Å². The molecule has 0 aliphatic carbocycles. The summed E-state index contributed by atoms with van der Waals surface area (Å²) >= 11 is 0. The van der Waals surface area contributed by atoms with Crippen LogP contribution >= 0.6 is 24.8 Å². The number of unbranched alkanes of at least 4 members (excludes halogenated alkanes) is 1. The number of nitrogens with zero attached hydrogens (tertiary/aromatic N) is 3. The van der Waals surface area contributed by atoms with Crippen molar-refractivity contribution in [2.45, 2.75) is 45.1 Å². The van der Waals surface area contributed by atoms with Crippen LogP contribution in [0.15, 0.2) is 18.6 Å². The van der Waals surface area contributed by atoms with E-state index in [1.54, 1.807) is 18.6 Å². The molecule has 1 aromatic heterocycles. The average molecular weight is 378 g/mol. The summed E-state index contributed by atoms with van der Waals surface area (Å²) in [5, 5.41) is 3.12. The van der Waals surface area contributed by atoms with Crippen molar-refractivity contribution in [3.05, 3.63) is 18.6 Å². The number of amides is 1. The lowest BCUT2D eigenvalue weighted by atomic mass is 9.95. The van der Waals surface area contributed by atoms with Gasteiger partial charge in [-0.2, -0.15) is 0 Å². The van der Waals surface area contributed by atoms with Crippen LogP contribution in [0.1, 0.15) is 39.0 Å². The van der Waals surface area contributed by atoms with Crippen LogP contribution in [0.5, 0.6) is 0 Å². The third-order valence-electron chi connectivity index (χ3n) is 4.28. The summed E-state index contributed by atoms with van der Waals surface area (Å²) in [7, 11) is 0. The van der Waals surface area contributed by atoms with Crippen LogP contribution < -0.4 is 16.0 Å². The molecule has 0 bridgehead atoms. The van der Waals surface area contributed by atoms with Gasteiger partial charge in [0, 0.05) is 44.0 Å².